The Bertz CT molecular complexity index is 1340. The number of fused-ring (bicyclic) bond motifs is 1. The van der Waals surface area contributed by atoms with E-state index in [-0.39, 0.29) is 17.0 Å². The predicted octanol–water partition coefficient (Wildman–Crippen LogP) is 3.40. The summed E-state index contributed by atoms with van der Waals surface area (Å²) in [4.78, 5) is 25.1. The molecule has 0 aliphatic heterocycles. The second-order valence-electron chi connectivity index (χ2n) is 7.05. The van der Waals surface area contributed by atoms with E-state index in [0.29, 0.717) is 33.4 Å². The number of benzene rings is 3. The SMILES string of the molecule is COc1ccc(-c2c(C)c3cc(OC(=O)c4ccc([NH+]([O-])O)cc4)ccc3oc2=O)cc1. The van der Waals surface area contributed by atoms with Gasteiger partial charge >= 0.3 is 11.6 Å². The van der Waals surface area contributed by atoms with Gasteiger partial charge in [0.2, 0.25) is 0 Å². The fraction of sp³-hybridized carbons (Fsp3) is 0.0833. The predicted molar refractivity (Wildman–Crippen MR) is 116 cm³/mol. The van der Waals surface area contributed by atoms with E-state index in [0.717, 1.165) is 0 Å². The van der Waals surface area contributed by atoms with E-state index >= 15 is 0 Å². The number of hydrogen-bond acceptors (Lipinski definition) is 7. The second-order valence-corrected chi connectivity index (χ2v) is 7.05. The number of carbonyl (C=O) groups excluding carboxylic acids is 1. The molecule has 0 bridgehead atoms. The maximum atomic E-state index is 12.6. The van der Waals surface area contributed by atoms with Crippen LogP contribution in [0.3, 0.4) is 0 Å². The standard InChI is InChI=1S/C24H19NO7/c1-14-20-13-19(31-23(26)16-3-7-17(8-4-16)25(28)29)11-12-21(20)32-24(27)22(14)15-5-9-18(30-2)10-6-15/h3-13,25,28H,1-2H3. The van der Waals surface area contributed by atoms with Crippen LogP contribution < -0.4 is 20.3 Å². The van der Waals surface area contributed by atoms with Crippen LogP contribution in [0.25, 0.3) is 22.1 Å². The van der Waals surface area contributed by atoms with Crippen LogP contribution in [-0.4, -0.2) is 18.3 Å². The van der Waals surface area contributed by atoms with Gasteiger partial charge in [0.05, 0.1) is 18.2 Å². The number of ether oxygens (including phenoxy) is 2. The third-order valence-electron chi connectivity index (χ3n) is 5.09. The number of methoxy groups -OCH3 is 1. The zero-order valence-corrected chi connectivity index (χ0v) is 17.2. The van der Waals surface area contributed by atoms with Gasteiger partial charge in [0.25, 0.3) is 0 Å². The Balaban J connectivity index is 1.68. The normalized spacial score (nSPS) is 11.9. The van der Waals surface area contributed by atoms with Crippen molar-refractivity contribution in [1.29, 1.82) is 0 Å². The highest BCUT2D eigenvalue weighted by Gasteiger charge is 2.16. The Labute approximate surface area is 182 Å². The molecule has 32 heavy (non-hydrogen) atoms. The van der Waals surface area contributed by atoms with Gasteiger partial charge in [0, 0.05) is 17.5 Å². The summed E-state index contributed by atoms with van der Waals surface area (Å²) in [5.41, 5.74) is 1.96. The number of aryl methyl sites for hydroxylation is 1. The van der Waals surface area contributed by atoms with Gasteiger partial charge in [0.15, 0.2) is 5.69 Å². The van der Waals surface area contributed by atoms with E-state index in [2.05, 4.69) is 0 Å². The first kappa shape index (κ1) is 21.3. The van der Waals surface area contributed by atoms with Crippen molar-refractivity contribution >= 4 is 22.6 Å². The van der Waals surface area contributed by atoms with E-state index in [4.69, 9.17) is 19.1 Å². The smallest absolute Gasteiger partial charge is 0.344 e. The third-order valence-corrected chi connectivity index (χ3v) is 5.09. The molecule has 0 spiro atoms. The molecule has 0 saturated carbocycles. The first-order valence-electron chi connectivity index (χ1n) is 9.65. The van der Waals surface area contributed by atoms with Gasteiger partial charge in [-0.2, -0.15) is 5.23 Å². The van der Waals surface area contributed by atoms with Crippen molar-refractivity contribution < 1.29 is 29.1 Å². The van der Waals surface area contributed by atoms with E-state index in [1.165, 1.54) is 30.3 Å². The molecule has 1 heterocycles. The minimum Gasteiger partial charge on any atom is -0.595 e. The zero-order chi connectivity index (χ0) is 22.8. The van der Waals surface area contributed by atoms with Crippen LogP contribution in [0.1, 0.15) is 15.9 Å². The Morgan fingerprint density at radius 1 is 1.00 bits per heavy atom. The van der Waals surface area contributed by atoms with Crippen LogP contribution in [-0.2, 0) is 0 Å². The van der Waals surface area contributed by atoms with Crippen LogP contribution in [0.2, 0.25) is 0 Å². The average Bonchev–Trinajstić information content (AvgIpc) is 2.80. The highest BCUT2D eigenvalue weighted by molar-refractivity contribution is 5.93. The van der Waals surface area contributed by atoms with Crippen molar-refractivity contribution in [1.82, 2.24) is 0 Å². The van der Waals surface area contributed by atoms with Gasteiger partial charge in [-0.25, -0.2) is 14.8 Å². The van der Waals surface area contributed by atoms with Crippen molar-refractivity contribution in [2.24, 2.45) is 0 Å². The first-order chi connectivity index (χ1) is 15.4. The molecule has 4 aromatic rings. The lowest BCUT2D eigenvalue weighted by Crippen LogP contribution is -2.99. The summed E-state index contributed by atoms with van der Waals surface area (Å²) in [5, 5.41) is 19.5. The Morgan fingerprint density at radius 3 is 2.28 bits per heavy atom. The van der Waals surface area contributed by atoms with Crippen molar-refractivity contribution in [2.75, 3.05) is 7.11 Å². The minimum absolute atomic E-state index is 0.0731. The maximum absolute atomic E-state index is 12.6. The molecular weight excluding hydrogens is 414 g/mol. The molecule has 0 aliphatic rings. The fourth-order valence-electron chi connectivity index (χ4n) is 3.40. The average molecular weight is 433 g/mol. The summed E-state index contributed by atoms with van der Waals surface area (Å²) in [5.74, 6) is 0.302. The number of esters is 1. The molecule has 2 N–H and O–H groups in total. The number of carbonyl (C=O) groups is 1. The molecule has 162 valence electrons. The van der Waals surface area contributed by atoms with Crippen LogP contribution in [0.4, 0.5) is 5.69 Å². The highest BCUT2D eigenvalue weighted by Crippen LogP contribution is 2.30. The lowest BCUT2D eigenvalue weighted by Gasteiger charge is -2.12. The molecule has 0 aliphatic carbocycles. The van der Waals surface area contributed by atoms with Crippen molar-refractivity contribution in [2.45, 2.75) is 6.92 Å². The summed E-state index contributed by atoms with van der Waals surface area (Å²) in [6.07, 6.45) is 0. The quantitative estimate of drug-likeness (QED) is 0.215. The van der Waals surface area contributed by atoms with Gasteiger partial charge in [-0.1, -0.05) is 12.1 Å². The Hall–Kier alpha value is -3.98. The highest BCUT2D eigenvalue weighted by atomic mass is 16.8. The Kier molecular flexibility index (Phi) is 5.74. The van der Waals surface area contributed by atoms with Gasteiger partial charge in [-0.05, 0) is 60.5 Å². The van der Waals surface area contributed by atoms with E-state index in [1.807, 2.05) is 0 Å². The maximum Gasteiger partial charge on any atom is 0.344 e. The summed E-state index contributed by atoms with van der Waals surface area (Å²) < 4.78 is 16.1. The van der Waals surface area contributed by atoms with E-state index in [1.54, 1.807) is 50.4 Å². The number of rotatable bonds is 5. The molecule has 3 aromatic carbocycles. The van der Waals surface area contributed by atoms with Crippen molar-refractivity contribution in [3.8, 4) is 22.6 Å². The monoisotopic (exact) mass is 433 g/mol. The molecule has 1 atom stereocenters. The van der Waals surface area contributed by atoms with Crippen LogP contribution in [0.5, 0.6) is 11.5 Å². The third kappa shape index (κ3) is 4.10. The van der Waals surface area contributed by atoms with Gasteiger partial charge in [0.1, 0.15) is 17.1 Å². The lowest BCUT2D eigenvalue weighted by atomic mass is 9.99. The Morgan fingerprint density at radius 2 is 1.66 bits per heavy atom. The van der Waals surface area contributed by atoms with Gasteiger partial charge in [-0.15, -0.1) is 0 Å². The lowest BCUT2D eigenvalue weighted by molar-refractivity contribution is -0.991. The summed E-state index contributed by atoms with van der Waals surface area (Å²) >= 11 is 0. The topological polar surface area (TPSA) is 113 Å². The van der Waals surface area contributed by atoms with Crippen LogP contribution in [0.15, 0.2) is 75.9 Å². The molecule has 0 radical (unpaired) electrons. The molecule has 8 heteroatoms. The molecule has 4 rings (SSSR count). The van der Waals surface area contributed by atoms with Crippen LogP contribution in [0, 0.1) is 12.1 Å². The van der Waals surface area contributed by atoms with Crippen LogP contribution >= 0.6 is 0 Å². The van der Waals surface area contributed by atoms with E-state index < -0.39 is 16.8 Å². The number of hydrogen-bond donors (Lipinski definition) is 2. The summed E-state index contributed by atoms with van der Waals surface area (Å²) in [6.45, 7) is 1.80. The molecule has 1 unspecified atom stereocenters. The zero-order valence-electron chi connectivity index (χ0n) is 17.2. The molecule has 0 fully saturated rings. The fourth-order valence-corrected chi connectivity index (χ4v) is 3.40. The van der Waals surface area contributed by atoms with Gasteiger partial charge in [-0.3, -0.25) is 0 Å². The van der Waals surface area contributed by atoms with E-state index in [9.17, 15) is 14.8 Å². The molecule has 8 nitrogen and oxygen atoms in total. The largest absolute Gasteiger partial charge is 0.595 e. The summed E-state index contributed by atoms with van der Waals surface area (Å²) in [6, 6.07) is 17.2. The number of quaternary nitrogens is 1. The minimum atomic E-state index is -1.08. The van der Waals surface area contributed by atoms with Gasteiger partial charge < -0.3 is 19.1 Å². The molecule has 0 saturated heterocycles. The first-order valence-corrected chi connectivity index (χ1v) is 9.65. The molecule has 0 amide bonds. The van der Waals surface area contributed by atoms with Crippen molar-refractivity contribution in [3.63, 3.8) is 0 Å². The second kappa shape index (κ2) is 8.64. The molecule has 1 aromatic heterocycles. The number of nitrogens with one attached hydrogen (secondary N) is 1. The molecular formula is C24H19NO7. The van der Waals surface area contributed by atoms with Crippen molar-refractivity contribution in [3.05, 3.63) is 93.5 Å². The summed E-state index contributed by atoms with van der Waals surface area (Å²) in [7, 11) is 1.56.